The standard InChI is InChI=1S/C19H34BN2O5/c1-3-26-19(24)16-4-11-22(12-5-16)17-6-9-21(10-7-17)13-15-25-14-8-18(23)27-20-2/h16-17H,3-15H2,1-2H3. The van der Waals surface area contributed by atoms with Gasteiger partial charge in [0.05, 0.1) is 32.2 Å². The van der Waals surface area contributed by atoms with Gasteiger partial charge in [-0.25, -0.2) is 0 Å². The molecule has 0 N–H and O–H groups in total. The molecule has 0 spiro atoms. The Hall–Kier alpha value is -1.12. The van der Waals surface area contributed by atoms with E-state index in [1.165, 1.54) is 20.3 Å². The van der Waals surface area contributed by atoms with Gasteiger partial charge in [0.2, 0.25) is 0 Å². The monoisotopic (exact) mass is 381 g/mol. The molecule has 2 saturated heterocycles. The van der Waals surface area contributed by atoms with E-state index in [2.05, 4.69) is 9.80 Å². The third kappa shape index (κ3) is 7.80. The van der Waals surface area contributed by atoms with Crippen LogP contribution in [0.25, 0.3) is 0 Å². The molecule has 2 rings (SSSR count). The third-order valence-corrected chi connectivity index (χ3v) is 5.47. The zero-order valence-corrected chi connectivity index (χ0v) is 16.9. The fraction of sp³-hybridized carbons (Fsp3) is 0.895. The van der Waals surface area contributed by atoms with Gasteiger partial charge in [-0.05, 0) is 58.8 Å². The molecule has 0 atom stereocenters. The lowest BCUT2D eigenvalue weighted by Crippen LogP contribution is -2.48. The van der Waals surface area contributed by atoms with Crippen LogP contribution >= 0.6 is 0 Å². The number of hydrogen-bond acceptors (Lipinski definition) is 7. The van der Waals surface area contributed by atoms with E-state index in [1.807, 2.05) is 6.92 Å². The largest absolute Gasteiger partial charge is 0.539 e. The van der Waals surface area contributed by atoms with Crippen molar-refractivity contribution in [3.05, 3.63) is 0 Å². The van der Waals surface area contributed by atoms with Gasteiger partial charge in [-0.1, -0.05) is 6.82 Å². The molecule has 0 aromatic heterocycles. The first kappa shape index (κ1) is 22.2. The molecule has 7 nitrogen and oxygen atoms in total. The minimum absolute atomic E-state index is 0.0203. The lowest BCUT2D eigenvalue weighted by Gasteiger charge is -2.41. The summed E-state index contributed by atoms with van der Waals surface area (Å²) >= 11 is 0. The number of nitrogens with zero attached hydrogens (tertiary/aromatic N) is 2. The maximum atomic E-state index is 11.9. The van der Waals surface area contributed by atoms with Gasteiger partial charge in [-0.2, -0.15) is 0 Å². The Morgan fingerprint density at radius 2 is 1.74 bits per heavy atom. The highest BCUT2D eigenvalue weighted by Gasteiger charge is 2.31. The second kappa shape index (κ2) is 12.4. The smallest absolute Gasteiger partial charge is 0.370 e. The van der Waals surface area contributed by atoms with Crippen molar-refractivity contribution in [2.75, 3.05) is 52.5 Å². The van der Waals surface area contributed by atoms with Crippen LogP contribution in [0.2, 0.25) is 6.82 Å². The van der Waals surface area contributed by atoms with Gasteiger partial charge in [0, 0.05) is 12.6 Å². The van der Waals surface area contributed by atoms with E-state index >= 15 is 0 Å². The molecule has 0 unspecified atom stereocenters. The molecule has 2 fully saturated rings. The quantitative estimate of drug-likeness (QED) is 0.321. The van der Waals surface area contributed by atoms with Crippen molar-refractivity contribution < 1.29 is 23.7 Å². The van der Waals surface area contributed by atoms with Crippen LogP contribution in [0.15, 0.2) is 0 Å². The van der Waals surface area contributed by atoms with E-state index in [-0.39, 0.29) is 17.9 Å². The molecule has 2 aliphatic rings. The zero-order valence-electron chi connectivity index (χ0n) is 16.9. The Kier molecular flexibility index (Phi) is 10.2. The van der Waals surface area contributed by atoms with Crippen LogP contribution in [0.3, 0.4) is 0 Å². The molecule has 0 bridgehead atoms. The van der Waals surface area contributed by atoms with E-state index in [4.69, 9.17) is 14.1 Å². The number of hydrogen-bond donors (Lipinski definition) is 0. The zero-order chi connectivity index (χ0) is 19.5. The number of rotatable bonds is 10. The summed E-state index contributed by atoms with van der Waals surface area (Å²) in [5.74, 6) is -0.177. The van der Waals surface area contributed by atoms with E-state index in [1.54, 1.807) is 6.82 Å². The summed E-state index contributed by atoms with van der Waals surface area (Å²) in [6.45, 7) is 10.2. The fourth-order valence-corrected chi connectivity index (χ4v) is 3.91. The summed E-state index contributed by atoms with van der Waals surface area (Å²) < 4.78 is 15.4. The van der Waals surface area contributed by atoms with E-state index < -0.39 is 0 Å². The molecule has 2 heterocycles. The van der Waals surface area contributed by atoms with Gasteiger partial charge >= 0.3 is 13.5 Å². The number of carbonyl (C=O) groups is 2. The molecule has 2 aliphatic heterocycles. The minimum atomic E-state index is -0.245. The summed E-state index contributed by atoms with van der Waals surface area (Å²) in [5.41, 5.74) is 0. The van der Waals surface area contributed by atoms with Crippen LogP contribution in [0.1, 0.15) is 39.0 Å². The second-order valence-corrected chi connectivity index (χ2v) is 7.22. The van der Waals surface area contributed by atoms with Gasteiger partial charge in [-0.15, -0.1) is 0 Å². The molecule has 8 heteroatoms. The number of carbonyl (C=O) groups excluding carboxylic acids is 2. The summed E-state index contributed by atoms with van der Waals surface area (Å²) in [4.78, 5) is 28.1. The summed E-state index contributed by atoms with van der Waals surface area (Å²) in [6, 6.07) is 0.630. The van der Waals surface area contributed by atoms with Crippen molar-refractivity contribution in [3.8, 4) is 0 Å². The van der Waals surface area contributed by atoms with E-state index in [0.29, 0.717) is 32.3 Å². The molecule has 1 radical (unpaired) electrons. The molecule has 27 heavy (non-hydrogen) atoms. The van der Waals surface area contributed by atoms with Crippen molar-refractivity contribution in [1.82, 2.24) is 9.80 Å². The fourth-order valence-electron chi connectivity index (χ4n) is 3.91. The van der Waals surface area contributed by atoms with Gasteiger partial charge in [-0.3, -0.25) is 9.59 Å². The van der Waals surface area contributed by atoms with Crippen molar-refractivity contribution in [3.63, 3.8) is 0 Å². The molecule has 0 amide bonds. The average molecular weight is 381 g/mol. The number of ether oxygens (including phenoxy) is 2. The van der Waals surface area contributed by atoms with Gasteiger partial charge in [0.25, 0.3) is 5.97 Å². The molecule has 153 valence electrons. The topological polar surface area (TPSA) is 68.3 Å². The maximum Gasteiger partial charge on any atom is 0.370 e. The highest BCUT2D eigenvalue weighted by molar-refractivity contribution is 6.28. The van der Waals surface area contributed by atoms with Crippen LogP contribution in [-0.4, -0.2) is 87.8 Å². The van der Waals surface area contributed by atoms with Crippen LogP contribution in [0, 0.1) is 5.92 Å². The van der Waals surface area contributed by atoms with Crippen molar-refractivity contribution in [2.24, 2.45) is 5.92 Å². The molecule has 0 saturated carbocycles. The van der Waals surface area contributed by atoms with Gasteiger partial charge < -0.3 is 23.9 Å². The molecule has 0 aliphatic carbocycles. The maximum absolute atomic E-state index is 11.9. The normalized spacial score (nSPS) is 20.4. The Balaban J connectivity index is 1.54. The molecular formula is C19H34BN2O5. The first-order chi connectivity index (χ1) is 13.1. The molecule has 0 aromatic rings. The minimum Gasteiger partial charge on any atom is -0.539 e. The van der Waals surface area contributed by atoms with Crippen molar-refractivity contribution >= 4 is 19.4 Å². The number of piperidine rings is 2. The first-order valence-electron chi connectivity index (χ1n) is 10.3. The van der Waals surface area contributed by atoms with Gasteiger partial charge in [0.1, 0.15) is 0 Å². The Bertz CT molecular complexity index is 449. The van der Waals surface area contributed by atoms with Crippen molar-refractivity contribution in [2.45, 2.75) is 51.9 Å². The summed E-state index contributed by atoms with van der Waals surface area (Å²) in [7, 11) is 1.39. The van der Waals surface area contributed by atoms with Crippen LogP contribution in [0.5, 0.6) is 0 Å². The average Bonchev–Trinajstić information content (AvgIpc) is 2.69. The van der Waals surface area contributed by atoms with Crippen molar-refractivity contribution in [1.29, 1.82) is 0 Å². The number of likely N-dealkylation sites (tertiary alicyclic amines) is 2. The lowest BCUT2D eigenvalue weighted by atomic mass is 9.93. The lowest BCUT2D eigenvalue weighted by molar-refractivity contribution is -0.150. The van der Waals surface area contributed by atoms with Crippen LogP contribution in [0.4, 0.5) is 0 Å². The van der Waals surface area contributed by atoms with E-state index in [0.717, 1.165) is 45.6 Å². The number of esters is 1. The Morgan fingerprint density at radius 1 is 1.04 bits per heavy atom. The molecule has 0 aromatic carbocycles. The highest BCUT2D eigenvalue weighted by Crippen LogP contribution is 2.24. The summed E-state index contributed by atoms with van der Waals surface area (Å²) in [5, 5.41) is 0. The van der Waals surface area contributed by atoms with Crippen LogP contribution < -0.4 is 0 Å². The SMILES string of the molecule is C[B]OC(=O)CCOCCN1CCC(N2CCC(C(=O)OCC)CC2)CC1. The Labute approximate surface area is 164 Å². The Morgan fingerprint density at radius 3 is 2.37 bits per heavy atom. The second-order valence-electron chi connectivity index (χ2n) is 7.22. The third-order valence-electron chi connectivity index (χ3n) is 5.47. The first-order valence-corrected chi connectivity index (χ1v) is 10.3. The van der Waals surface area contributed by atoms with Gasteiger partial charge in [0.15, 0.2) is 0 Å². The summed E-state index contributed by atoms with van der Waals surface area (Å²) in [6.07, 6.45) is 4.48. The molecular weight excluding hydrogens is 347 g/mol. The van der Waals surface area contributed by atoms with Crippen LogP contribution in [-0.2, 0) is 23.7 Å². The van der Waals surface area contributed by atoms with E-state index in [9.17, 15) is 9.59 Å². The predicted molar refractivity (Wildman–Crippen MR) is 104 cm³/mol. The highest BCUT2D eigenvalue weighted by atomic mass is 16.5. The predicted octanol–water partition coefficient (Wildman–Crippen LogP) is 1.34.